The van der Waals surface area contributed by atoms with Crippen molar-refractivity contribution in [2.45, 2.75) is 41.2 Å². The molecule has 0 unspecified atom stereocenters. The Bertz CT molecular complexity index is 466. The lowest BCUT2D eigenvalue weighted by atomic mass is 10.0. The first-order valence-electron chi connectivity index (χ1n) is 7.46. The molecule has 1 aromatic carbocycles. The predicted octanol–water partition coefficient (Wildman–Crippen LogP) is 3.56. The molecule has 0 bridgehead atoms. The molecule has 0 amide bonds. The number of phenols is 1. The molecule has 0 spiro atoms. The van der Waals surface area contributed by atoms with Crippen LogP contribution in [0.15, 0.2) is 18.2 Å². The van der Waals surface area contributed by atoms with Gasteiger partial charge in [-0.25, -0.2) is 0 Å². The molecule has 1 fully saturated rings. The number of benzene rings is 1. The van der Waals surface area contributed by atoms with Gasteiger partial charge in [0.25, 0.3) is 0 Å². The topological polar surface area (TPSA) is 41.5 Å². The summed E-state index contributed by atoms with van der Waals surface area (Å²) >= 11 is 0. The molecule has 0 saturated heterocycles. The van der Waals surface area contributed by atoms with E-state index in [0.29, 0.717) is 23.2 Å². The lowest BCUT2D eigenvalue weighted by Gasteiger charge is -2.10. The Morgan fingerprint density at radius 1 is 1.20 bits per heavy atom. The van der Waals surface area contributed by atoms with E-state index in [-0.39, 0.29) is 5.75 Å². The molecular weight excluding hydrogens is 250 g/mol. The number of phenolic OH excluding ortho intramolecular Hbond substituents is 1. The predicted molar refractivity (Wildman–Crippen MR) is 82.0 cm³/mol. The van der Waals surface area contributed by atoms with E-state index >= 15 is 0 Å². The van der Waals surface area contributed by atoms with Crippen molar-refractivity contribution in [1.29, 1.82) is 0 Å². The molecule has 112 valence electrons. The van der Waals surface area contributed by atoms with Crippen LogP contribution in [0.3, 0.4) is 0 Å². The standard InChI is InChI=1S/C17H27NO2/c1-6-20-14-9-12(7-8-13(14)19)10-18-11-15-16(2,3)17(15,4)5/h7-9,15,18-19H,6,10-11H2,1-5H3. The van der Waals surface area contributed by atoms with Gasteiger partial charge in [-0.3, -0.25) is 0 Å². The molecule has 0 heterocycles. The summed E-state index contributed by atoms with van der Waals surface area (Å²) in [4.78, 5) is 0. The molecule has 0 aromatic heterocycles. The molecule has 2 N–H and O–H groups in total. The minimum absolute atomic E-state index is 0.208. The van der Waals surface area contributed by atoms with Crippen LogP contribution in [0.4, 0.5) is 0 Å². The van der Waals surface area contributed by atoms with Gasteiger partial charge in [0.1, 0.15) is 0 Å². The highest BCUT2D eigenvalue weighted by Crippen LogP contribution is 2.67. The van der Waals surface area contributed by atoms with Gasteiger partial charge in [-0.05, 0) is 47.9 Å². The Balaban J connectivity index is 1.88. The summed E-state index contributed by atoms with van der Waals surface area (Å²) in [6.45, 7) is 13.7. The first-order valence-corrected chi connectivity index (χ1v) is 7.46. The van der Waals surface area contributed by atoms with Crippen LogP contribution in [0.5, 0.6) is 11.5 Å². The highest BCUT2D eigenvalue weighted by atomic mass is 16.5. The van der Waals surface area contributed by atoms with Crippen LogP contribution in [0.1, 0.15) is 40.2 Å². The van der Waals surface area contributed by atoms with E-state index in [0.717, 1.165) is 24.6 Å². The van der Waals surface area contributed by atoms with Gasteiger partial charge in [-0.15, -0.1) is 0 Å². The van der Waals surface area contributed by atoms with E-state index in [2.05, 4.69) is 33.0 Å². The summed E-state index contributed by atoms with van der Waals surface area (Å²) < 4.78 is 5.41. The third-order valence-electron chi connectivity index (χ3n) is 5.32. The fraction of sp³-hybridized carbons (Fsp3) is 0.647. The fourth-order valence-electron chi connectivity index (χ4n) is 3.14. The maximum Gasteiger partial charge on any atom is 0.161 e. The minimum atomic E-state index is 0.208. The Hall–Kier alpha value is -1.22. The molecule has 1 saturated carbocycles. The average Bonchev–Trinajstić information content (AvgIpc) is 2.75. The van der Waals surface area contributed by atoms with Crippen molar-refractivity contribution >= 4 is 0 Å². The highest BCUT2D eigenvalue weighted by Gasteiger charge is 2.63. The van der Waals surface area contributed by atoms with Crippen LogP contribution < -0.4 is 10.1 Å². The number of nitrogens with one attached hydrogen (secondary N) is 1. The van der Waals surface area contributed by atoms with Gasteiger partial charge in [0.05, 0.1) is 6.61 Å². The van der Waals surface area contributed by atoms with Gasteiger partial charge in [-0.2, -0.15) is 0 Å². The van der Waals surface area contributed by atoms with Gasteiger partial charge in [0.2, 0.25) is 0 Å². The van der Waals surface area contributed by atoms with E-state index in [4.69, 9.17) is 4.74 Å². The molecule has 20 heavy (non-hydrogen) atoms. The number of ether oxygens (including phenoxy) is 1. The van der Waals surface area contributed by atoms with Crippen molar-refractivity contribution in [3.8, 4) is 11.5 Å². The Morgan fingerprint density at radius 2 is 1.85 bits per heavy atom. The Labute approximate surface area is 122 Å². The second-order valence-corrected chi connectivity index (χ2v) is 6.86. The second kappa shape index (κ2) is 5.28. The zero-order valence-electron chi connectivity index (χ0n) is 13.3. The smallest absolute Gasteiger partial charge is 0.161 e. The van der Waals surface area contributed by atoms with Crippen LogP contribution in [0, 0.1) is 16.7 Å². The van der Waals surface area contributed by atoms with E-state index < -0.39 is 0 Å². The molecular formula is C17H27NO2. The number of aromatic hydroxyl groups is 1. The van der Waals surface area contributed by atoms with Crippen molar-refractivity contribution in [3.63, 3.8) is 0 Å². The van der Waals surface area contributed by atoms with Crippen molar-refractivity contribution in [2.24, 2.45) is 16.7 Å². The van der Waals surface area contributed by atoms with Gasteiger partial charge in [0, 0.05) is 6.54 Å². The molecule has 1 aliphatic carbocycles. The molecule has 0 atom stereocenters. The second-order valence-electron chi connectivity index (χ2n) is 6.86. The molecule has 0 aliphatic heterocycles. The summed E-state index contributed by atoms with van der Waals surface area (Å²) in [6.07, 6.45) is 0. The summed E-state index contributed by atoms with van der Waals surface area (Å²) in [5.41, 5.74) is 1.99. The first kappa shape index (κ1) is 15.2. The summed E-state index contributed by atoms with van der Waals surface area (Å²) in [5, 5.41) is 13.2. The van der Waals surface area contributed by atoms with Crippen molar-refractivity contribution in [3.05, 3.63) is 23.8 Å². The summed E-state index contributed by atoms with van der Waals surface area (Å²) in [7, 11) is 0. The third kappa shape index (κ3) is 2.64. The molecule has 3 nitrogen and oxygen atoms in total. The number of rotatable bonds is 6. The van der Waals surface area contributed by atoms with E-state index in [1.165, 1.54) is 0 Å². The summed E-state index contributed by atoms with van der Waals surface area (Å²) in [6, 6.07) is 5.55. The summed E-state index contributed by atoms with van der Waals surface area (Å²) in [5.74, 6) is 1.50. The van der Waals surface area contributed by atoms with Crippen LogP contribution in [0.2, 0.25) is 0 Å². The van der Waals surface area contributed by atoms with Gasteiger partial charge >= 0.3 is 0 Å². The Kier molecular flexibility index (Phi) is 4.01. The normalized spacial score (nSPS) is 19.9. The van der Waals surface area contributed by atoms with Gasteiger partial charge in [-0.1, -0.05) is 33.8 Å². The van der Waals surface area contributed by atoms with Crippen molar-refractivity contribution in [2.75, 3.05) is 13.2 Å². The van der Waals surface area contributed by atoms with Crippen LogP contribution in [-0.2, 0) is 6.54 Å². The fourth-order valence-corrected chi connectivity index (χ4v) is 3.14. The highest BCUT2D eigenvalue weighted by molar-refractivity contribution is 5.41. The van der Waals surface area contributed by atoms with Crippen molar-refractivity contribution in [1.82, 2.24) is 5.32 Å². The monoisotopic (exact) mass is 277 g/mol. The van der Waals surface area contributed by atoms with Crippen LogP contribution >= 0.6 is 0 Å². The van der Waals surface area contributed by atoms with E-state index in [1.807, 2.05) is 19.1 Å². The quantitative estimate of drug-likeness (QED) is 0.835. The average molecular weight is 277 g/mol. The zero-order valence-corrected chi connectivity index (χ0v) is 13.3. The van der Waals surface area contributed by atoms with E-state index in [1.54, 1.807) is 6.07 Å². The SMILES string of the molecule is CCOc1cc(CNCC2C(C)(C)C2(C)C)ccc1O. The largest absolute Gasteiger partial charge is 0.504 e. The third-order valence-corrected chi connectivity index (χ3v) is 5.32. The maximum absolute atomic E-state index is 9.68. The van der Waals surface area contributed by atoms with Crippen LogP contribution in [-0.4, -0.2) is 18.3 Å². The number of hydrogen-bond acceptors (Lipinski definition) is 3. The van der Waals surface area contributed by atoms with Crippen molar-refractivity contribution < 1.29 is 9.84 Å². The van der Waals surface area contributed by atoms with Gasteiger partial charge in [0.15, 0.2) is 11.5 Å². The maximum atomic E-state index is 9.68. The lowest BCUT2D eigenvalue weighted by molar-refractivity contribution is 0.317. The molecule has 0 radical (unpaired) electrons. The van der Waals surface area contributed by atoms with E-state index in [9.17, 15) is 5.11 Å². The lowest BCUT2D eigenvalue weighted by Crippen LogP contribution is -2.18. The number of hydrogen-bond donors (Lipinski definition) is 2. The molecule has 2 rings (SSSR count). The first-order chi connectivity index (χ1) is 9.30. The molecule has 3 heteroatoms. The van der Waals surface area contributed by atoms with Crippen LogP contribution in [0.25, 0.3) is 0 Å². The minimum Gasteiger partial charge on any atom is -0.504 e. The van der Waals surface area contributed by atoms with Gasteiger partial charge < -0.3 is 15.2 Å². The Morgan fingerprint density at radius 3 is 2.40 bits per heavy atom. The molecule has 1 aromatic rings. The zero-order chi connectivity index (χ0) is 15.0. The molecule has 1 aliphatic rings.